The summed E-state index contributed by atoms with van der Waals surface area (Å²) in [5.74, 6) is 2.91. The van der Waals surface area contributed by atoms with E-state index in [-0.39, 0.29) is 5.97 Å². The Kier molecular flexibility index (Phi) is 9.31. The van der Waals surface area contributed by atoms with Gasteiger partial charge in [-0.3, -0.25) is 4.79 Å². The van der Waals surface area contributed by atoms with Crippen LogP contribution in [-0.4, -0.2) is 31.9 Å². The maximum absolute atomic E-state index is 11.7. The van der Waals surface area contributed by atoms with Gasteiger partial charge >= 0.3 is 5.97 Å². The highest BCUT2D eigenvalue weighted by Gasteiger charge is 2.41. The van der Waals surface area contributed by atoms with Crippen molar-refractivity contribution in [3.63, 3.8) is 0 Å². The molecule has 0 aliphatic rings. The van der Waals surface area contributed by atoms with Gasteiger partial charge in [-0.1, -0.05) is 47.5 Å². The molecule has 4 heteroatoms. The van der Waals surface area contributed by atoms with Crippen LogP contribution in [0.25, 0.3) is 0 Å². The topological polar surface area (TPSA) is 46.5 Å². The Balaban J connectivity index is 4.69. The monoisotopic (exact) mass is 354 g/mol. The minimum atomic E-state index is -1.79. The summed E-state index contributed by atoms with van der Waals surface area (Å²) in [6, 6.07) is 0. The first kappa shape index (κ1) is 23.2. The molecule has 0 rings (SSSR count). The van der Waals surface area contributed by atoms with Crippen LogP contribution in [0.4, 0.5) is 0 Å². The third-order valence-electron chi connectivity index (χ3n) is 4.79. The van der Waals surface area contributed by atoms with Crippen LogP contribution in [0.15, 0.2) is 0 Å². The second-order valence-corrected chi connectivity index (χ2v) is 14.3. The molecule has 0 aromatic heterocycles. The Morgan fingerprint density at radius 1 is 1.04 bits per heavy atom. The first-order valence-corrected chi connectivity index (χ1v) is 11.5. The second-order valence-electron chi connectivity index (χ2n) is 8.71. The molecule has 0 saturated carbocycles. The van der Waals surface area contributed by atoms with Gasteiger partial charge in [0.25, 0.3) is 0 Å². The maximum atomic E-state index is 11.7. The van der Waals surface area contributed by atoms with Crippen LogP contribution < -0.4 is 0 Å². The van der Waals surface area contributed by atoms with Gasteiger partial charge in [0.05, 0.1) is 12.0 Å². The van der Waals surface area contributed by atoms with Crippen molar-refractivity contribution in [1.29, 1.82) is 0 Å². The molecule has 0 fully saturated rings. The molecule has 0 aromatic carbocycles. The highest BCUT2D eigenvalue weighted by Crippen LogP contribution is 2.40. The Hall–Kier alpha value is -0.793. The molecule has 24 heavy (non-hydrogen) atoms. The fourth-order valence-corrected chi connectivity index (χ4v) is 8.65. The van der Waals surface area contributed by atoms with Gasteiger partial charge in [0, 0.05) is 0 Å². The largest absolute Gasteiger partial charge is 0.465 e. The Bertz CT molecular complexity index is 428. The van der Waals surface area contributed by atoms with Crippen molar-refractivity contribution in [2.75, 3.05) is 6.61 Å². The molecule has 0 radical (unpaired) electrons. The van der Waals surface area contributed by atoms with Crippen molar-refractivity contribution >= 4 is 14.0 Å². The van der Waals surface area contributed by atoms with E-state index in [0.29, 0.717) is 36.1 Å². The van der Waals surface area contributed by atoms with E-state index >= 15 is 0 Å². The molecule has 0 saturated heterocycles. The number of carbonyl (C=O) groups excluding carboxylic acids is 1. The first-order valence-electron chi connectivity index (χ1n) is 9.23. The predicted octanol–water partition coefficient (Wildman–Crippen LogP) is 4.94. The average molecular weight is 355 g/mol. The summed E-state index contributed by atoms with van der Waals surface area (Å²) >= 11 is 0. The molecule has 0 amide bonds. The third kappa shape index (κ3) is 6.61. The highest BCUT2D eigenvalue weighted by atomic mass is 28.3. The minimum Gasteiger partial charge on any atom is -0.465 e. The van der Waals surface area contributed by atoms with E-state index in [0.717, 1.165) is 0 Å². The zero-order chi connectivity index (χ0) is 19.1. The number of aliphatic hydroxyl groups is 1. The van der Waals surface area contributed by atoms with E-state index < -0.39 is 19.6 Å². The van der Waals surface area contributed by atoms with Gasteiger partial charge in [0.15, 0.2) is 0 Å². The zero-order valence-corrected chi connectivity index (χ0v) is 18.2. The molecule has 0 heterocycles. The van der Waals surface area contributed by atoms with Crippen molar-refractivity contribution in [3.8, 4) is 11.5 Å². The van der Waals surface area contributed by atoms with Gasteiger partial charge in [-0.25, -0.2) is 0 Å². The fourth-order valence-electron chi connectivity index (χ4n) is 3.37. The lowest BCUT2D eigenvalue weighted by molar-refractivity contribution is -0.153. The lowest BCUT2D eigenvalue weighted by Crippen LogP contribution is -2.43. The molecule has 3 nitrogen and oxygen atoms in total. The van der Waals surface area contributed by atoms with Crippen molar-refractivity contribution in [1.82, 2.24) is 0 Å². The van der Waals surface area contributed by atoms with Gasteiger partial charge in [0.2, 0.25) is 0 Å². The second kappa shape index (κ2) is 9.63. The lowest BCUT2D eigenvalue weighted by atomic mass is 9.97. The quantitative estimate of drug-likeness (QED) is 0.305. The number of carbonyl (C=O) groups is 1. The standard InChI is InChI=1S/C20H38O3Si/c1-15(2)24(16(3)4,17(5)6)14-12-18(21)11-10-13-23-19(22)20(7,8)9/h15-18,21H,10-11,13H2,1-9H3/t18-/m0/s1. The Morgan fingerprint density at radius 2 is 1.50 bits per heavy atom. The zero-order valence-electron chi connectivity index (χ0n) is 17.2. The van der Waals surface area contributed by atoms with E-state index in [1.807, 2.05) is 20.8 Å². The van der Waals surface area contributed by atoms with Crippen LogP contribution in [0.1, 0.15) is 75.2 Å². The first-order chi connectivity index (χ1) is 10.9. The average Bonchev–Trinajstić information content (AvgIpc) is 2.41. The minimum absolute atomic E-state index is 0.200. The summed E-state index contributed by atoms with van der Waals surface area (Å²) in [5.41, 5.74) is 4.74. The molecule has 0 bridgehead atoms. The molecular formula is C20H38O3Si. The summed E-state index contributed by atoms with van der Waals surface area (Å²) < 4.78 is 5.23. The van der Waals surface area contributed by atoms with Crippen LogP contribution in [0, 0.1) is 16.9 Å². The van der Waals surface area contributed by atoms with Crippen LogP contribution in [-0.2, 0) is 9.53 Å². The molecule has 0 spiro atoms. The fraction of sp³-hybridized carbons (Fsp3) is 0.850. The van der Waals surface area contributed by atoms with Gasteiger partial charge < -0.3 is 9.84 Å². The van der Waals surface area contributed by atoms with E-state index in [9.17, 15) is 9.90 Å². The molecule has 0 aliphatic carbocycles. The molecule has 0 aromatic rings. The summed E-state index contributed by atoms with van der Waals surface area (Å²) in [5, 5.41) is 10.2. The van der Waals surface area contributed by atoms with Crippen molar-refractivity contribution < 1.29 is 14.6 Å². The number of ether oxygens (including phenoxy) is 1. The molecular weight excluding hydrogens is 316 g/mol. The lowest BCUT2D eigenvalue weighted by Gasteiger charge is -2.38. The maximum Gasteiger partial charge on any atom is 0.311 e. The number of aliphatic hydroxyl groups excluding tert-OH is 1. The number of esters is 1. The smallest absolute Gasteiger partial charge is 0.311 e. The van der Waals surface area contributed by atoms with Gasteiger partial charge in [0.1, 0.15) is 14.2 Å². The molecule has 140 valence electrons. The van der Waals surface area contributed by atoms with Crippen LogP contribution in [0.5, 0.6) is 0 Å². The number of hydrogen-bond donors (Lipinski definition) is 1. The molecule has 0 unspecified atom stereocenters. The third-order valence-corrected chi connectivity index (χ3v) is 11.1. The molecule has 0 aliphatic heterocycles. The van der Waals surface area contributed by atoms with Crippen LogP contribution in [0.2, 0.25) is 16.6 Å². The number of hydrogen-bond acceptors (Lipinski definition) is 3. The summed E-state index contributed by atoms with van der Waals surface area (Å²) in [6.07, 6.45) is 0.543. The van der Waals surface area contributed by atoms with Crippen LogP contribution in [0.3, 0.4) is 0 Å². The van der Waals surface area contributed by atoms with Crippen molar-refractivity contribution in [3.05, 3.63) is 0 Å². The summed E-state index contributed by atoms with van der Waals surface area (Å²) in [7, 11) is -1.79. The normalized spacial score (nSPS) is 13.9. The van der Waals surface area contributed by atoms with E-state index in [1.165, 1.54) is 0 Å². The molecule has 1 atom stereocenters. The summed E-state index contributed by atoms with van der Waals surface area (Å²) in [6.45, 7) is 19.4. The van der Waals surface area contributed by atoms with Crippen LogP contribution >= 0.6 is 0 Å². The van der Waals surface area contributed by atoms with Gasteiger partial charge in [-0.15, -0.1) is 5.54 Å². The van der Waals surface area contributed by atoms with Crippen molar-refractivity contribution in [2.45, 2.75) is 97.9 Å². The van der Waals surface area contributed by atoms with Gasteiger partial charge in [-0.05, 0) is 50.2 Å². The Labute approximate surface area is 150 Å². The van der Waals surface area contributed by atoms with Crippen molar-refractivity contribution in [2.24, 2.45) is 5.41 Å². The van der Waals surface area contributed by atoms with Gasteiger partial charge in [-0.2, -0.15) is 0 Å². The van der Waals surface area contributed by atoms with E-state index in [1.54, 1.807) is 0 Å². The SMILES string of the molecule is CC(C)[Si](C#C[C@@H](O)CCCOC(=O)C(C)(C)C)(C(C)C)C(C)C. The molecule has 1 N–H and O–H groups in total. The number of rotatable bonds is 7. The Morgan fingerprint density at radius 3 is 1.88 bits per heavy atom. The predicted molar refractivity (Wildman–Crippen MR) is 104 cm³/mol. The van der Waals surface area contributed by atoms with E-state index in [4.69, 9.17) is 4.74 Å². The highest BCUT2D eigenvalue weighted by molar-refractivity contribution is 6.90. The summed E-state index contributed by atoms with van der Waals surface area (Å²) in [4.78, 5) is 11.7. The van der Waals surface area contributed by atoms with E-state index in [2.05, 4.69) is 53.0 Å².